The molecule has 0 radical (unpaired) electrons. The van der Waals surface area contributed by atoms with Gasteiger partial charge < -0.3 is 5.11 Å². The lowest BCUT2D eigenvalue weighted by Gasteiger charge is -2.12. The van der Waals surface area contributed by atoms with Crippen LogP contribution in [0.2, 0.25) is 0 Å². The van der Waals surface area contributed by atoms with E-state index in [0.717, 1.165) is 12.2 Å². The summed E-state index contributed by atoms with van der Waals surface area (Å²) in [7, 11) is 0. The highest BCUT2D eigenvalue weighted by molar-refractivity contribution is 7.99. The number of aryl methyl sites for hydroxylation is 1. The van der Waals surface area contributed by atoms with Crippen molar-refractivity contribution in [3.63, 3.8) is 0 Å². The normalized spacial score (nSPS) is 13.1. The van der Waals surface area contributed by atoms with Crippen LogP contribution in [0.1, 0.15) is 25.0 Å². The molecule has 1 N–H and O–H groups in total. The highest BCUT2D eigenvalue weighted by Gasteiger charge is 2.06. The van der Waals surface area contributed by atoms with Gasteiger partial charge in [-0.25, -0.2) is 0 Å². The van der Waals surface area contributed by atoms with Crippen LogP contribution in [0.5, 0.6) is 0 Å². The molecule has 0 aromatic heterocycles. The van der Waals surface area contributed by atoms with Crippen LogP contribution in [0.15, 0.2) is 24.3 Å². The Hall–Kier alpha value is -0.470. The van der Waals surface area contributed by atoms with E-state index in [9.17, 15) is 5.11 Å². The van der Waals surface area contributed by atoms with Crippen LogP contribution in [0, 0.1) is 6.92 Å². The molecule has 0 fully saturated rings. The summed E-state index contributed by atoms with van der Waals surface area (Å²) < 4.78 is 0. The highest BCUT2D eigenvalue weighted by atomic mass is 32.2. The van der Waals surface area contributed by atoms with Crippen LogP contribution in [0.25, 0.3) is 0 Å². The summed E-state index contributed by atoms with van der Waals surface area (Å²) in [6, 6.07) is 8.35. The summed E-state index contributed by atoms with van der Waals surface area (Å²) in [6.45, 7) is 6.40. The molecule has 0 aliphatic heterocycles. The van der Waals surface area contributed by atoms with Crippen LogP contribution < -0.4 is 0 Å². The van der Waals surface area contributed by atoms with E-state index < -0.39 is 0 Å². The Bertz CT molecular complexity index is 296. The van der Waals surface area contributed by atoms with Gasteiger partial charge in [0.1, 0.15) is 0 Å². The minimum atomic E-state index is -0.223. The summed E-state index contributed by atoms with van der Waals surface area (Å²) in [5.41, 5.74) is 2.49. The second-order valence-corrected chi connectivity index (χ2v) is 5.84. The zero-order chi connectivity index (χ0) is 11.3. The van der Waals surface area contributed by atoms with Gasteiger partial charge in [-0.1, -0.05) is 43.7 Å². The Labute approximate surface area is 96.9 Å². The van der Waals surface area contributed by atoms with Crippen molar-refractivity contribution < 1.29 is 5.11 Å². The molecule has 1 rings (SSSR count). The molecule has 1 unspecified atom stereocenters. The third-order valence-corrected chi connectivity index (χ3v) is 3.42. The molecule has 0 aliphatic rings. The fourth-order valence-corrected chi connectivity index (χ4v) is 2.20. The predicted molar refractivity (Wildman–Crippen MR) is 68.5 cm³/mol. The van der Waals surface area contributed by atoms with E-state index in [4.69, 9.17) is 0 Å². The van der Waals surface area contributed by atoms with Gasteiger partial charge in [-0.3, -0.25) is 0 Å². The fraction of sp³-hybridized carbons (Fsp3) is 0.538. The summed E-state index contributed by atoms with van der Waals surface area (Å²) >= 11 is 1.81. The molecule has 0 heterocycles. The molecule has 2 heteroatoms. The minimum Gasteiger partial charge on any atom is -0.392 e. The molecule has 0 saturated heterocycles. The third kappa shape index (κ3) is 5.24. The van der Waals surface area contributed by atoms with E-state index in [2.05, 4.69) is 39.0 Å². The summed E-state index contributed by atoms with van der Waals surface area (Å²) in [5, 5.41) is 10.4. The van der Waals surface area contributed by atoms with Crippen molar-refractivity contribution in [2.24, 2.45) is 0 Å². The van der Waals surface area contributed by atoms with E-state index in [1.807, 2.05) is 17.8 Å². The van der Waals surface area contributed by atoms with E-state index in [-0.39, 0.29) is 6.10 Å². The van der Waals surface area contributed by atoms with Crippen molar-refractivity contribution in [2.45, 2.75) is 38.5 Å². The Balaban J connectivity index is 2.40. The van der Waals surface area contributed by atoms with Crippen molar-refractivity contribution in [1.29, 1.82) is 0 Å². The second kappa shape index (κ2) is 6.19. The average Bonchev–Trinajstić information content (AvgIpc) is 2.15. The Morgan fingerprint density at radius 1 is 1.33 bits per heavy atom. The third-order valence-electron chi connectivity index (χ3n) is 2.18. The van der Waals surface area contributed by atoms with Crippen molar-refractivity contribution in [1.82, 2.24) is 0 Å². The Morgan fingerprint density at radius 2 is 2.07 bits per heavy atom. The highest BCUT2D eigenvalue weighted by Crippen LogP contribution is 2.14. The molecule has 84 valence electrons. The van der Waals surface area contributed by atoms with Crippen molar-refractivity contribution in [3.05, 3.63) is 35.4 Å². The molecule has 15 heavy (non-hydrogen) atoms. The number of aliphatic hydroxyl groups is 1. The zero-order valence-electron chi connectivity index (χ0n) is 9.73. The van der Waals surface area contributed by atoms with Gasteiger partial charge in [0.15, 0.2) is 0 Å². The smallest absolute Gasteiger partial charge is 0.0670 e. The number of rotatable bonds is 5. The molecule has 0 bridgehead atoms. The summed E-state index contributed by atoms with van der Waals surface area (Å²) in [6.07, 6.45) is 0.542. The van der Waals surface area contributed by atoms with Crippen LogP contribution >= 0.6 is 11.8 Å². The summed E-state index contributed by atoms with van der Waals surface area (Å²) in [4.78, 5) is 0. The maximum absolute atomic E-state index is 9.82. The number of hydrogen-bond donors (Lipinski definition) is 1. The molecular formula is C13H20OS. The average molecular weight is 224 g/mol. The standard InChI is InChI=1S/C13H20OS/c1-10(2)15-9-13(14)8-12-6-4-5-11(3)7-12/h4-7,10,13-14H,8-9H2,1-3H3. The molecule has 1 aromatic rings. The van der Waals surface area contributed by atoms with Gasteiger partial charge in [-0.05, 0) is 24.2 Å². The van der Waals surface area contributed by atoms with Crippen LogP contribution in [0.3, 0.4) is 0 Å². The van der Waals surface area contributed by atoms with Gasteiger partial charge >= 0.3 is 0 Å². The van der Waals surface area contributed by atoms with Crippen LogP contribution in [-0.4, -0.2) is 22.2 Å². The molecule has 0 saturated carbocycles. The lowest BCUT2D eigenvalue weighted by Crippen LogP contribution is -2.14. The van der Waals surface area contributed by atoms with Gasteiger partial charge in [-0.15, -0.1) is 0 Å². The van der Waals surface area contributed by atoms with Crippen LogP contribution in [-0.2, 0) is 6.42 Å². The monoisotopic (exact) mass is 224 g/mol. The molecule has 0 spiro atoms. The predicted octanol–water partition coefficient (Wildman–Crippen LogP) is 3.04. The minimum absolute atomic E-state index is 0.223. The van der Waals surface area contributed by atoms with E-state index in [0.29, 0.717) is 5.25 Å². The van der Waals surface area contributed by atoms with Crippen LogP contribution in [0.4, 0.5) is 0 Å². The first-order valence-electron chi connectivity index (χ1n) is 5.43. The molecule has 0 amide bonds. The van der Waals surface area contributed by atoms with Crippen molar-refractivity contribution >= 4 is 11.8 Å². The van der Waals surface area contributed by atoms with Crippen molar-refractivity contribution in [3.8, 4) is 0 Å². The fourth-order valence-electron chi connectivity index (χ4n) is 1.47. The number of thioether (sulfide) groups is 1. The van der Waals surface area contributed by atoms with Gasteiger partial charge in [0.05, 0.1) is 6.10 Å². The number of hydrogen-bond acceptors (Lipinski definition) is 2. The molecule has 0 aliphatic carbocycles. The first-order valence-corrected chi connectivity index (χ1v) is 6.48. The second-order valence-electron chi connectivity index (χ2n) is 4.23. The SMILES string of the molecule is Cc1cccc(CC(O)CSC(C)C)c1. The Kier molecular flexibility index (Phi) is 5.20. The Morgan fingerprint density at radius 3 is 2.67 bits per heavy atom. The van der Waals surface area contributed by atoms with E-state index in [1.54, 1.807) is 0 Å². The molecular weight excluding hydrogens is 204 g/mol. The quantitative estimate of drug-likeness (QED) is 0.829. The maximum Gasteiger partial charge on any atom is 0.0670 e. The molecule has 1 aromatic carbocycles. The lowest BCUT2D eigenvalue weighted by molar-refractivity contribution is 0.200. The van der Waals surface area contributed by atoms with Gasteiger partial charge in [-0.2, -0.15) is 11.8 Å². The number of benzene rings is 1. The maximum atomic E-state index is 9.82. The van der Waals surface area contributed by atoms with E-state index in [1.165, 1.54) is 11.1 Å². The summed E-state index contributed by atoms with van der Waals surface area (Å²) in [5.74, 6) is 0.825. The van der Waals surface area contributed by atoms with Gasteiger partial charge in [0.25, 0.3) is 0 Å². The molecule has 1 nitrogen and oxygen atoms in total. The van der Waals surface area contributed by atoms with Gasteiger partial charge in [0, 0.05) is 5.75 Å². The molecule has 1 atom stereocenters. The largest absolute Gasteiger partial charge is 0.392 e. The lowest BCUT2D eigenvalue weighted by atomic mass is 10.1. The first kappa shape index (κ1) is 12.6. The van der Waals surface area contributed by atoms with Crippen molar-refractivity contribution in [2.75, 3.05) is 5.75 Å². The van der Waals surface area contributed by atoms with Gasteiger partial charge in [0.2, 0.25) is 0 Å². The topological polar surface area (TPSA) is 20.2 Å². The first-order chi connectivity index (χ1) is 7.08. The zero-order valence-corrected chi connectivity index (χ0v) is 10.6. The van der Waals surface area contributed by atoms with E-state index >= 15 is 0 Å². The number of aliphatic hydroxyl groups excluding tert-OH is 1.